The van der Waals surface area contributed by atoms with Crippen molar-refractivity contribution in [1.82, 2.24) is 10.2 Å². The first-order chi connectivity index (χ1) is 6.75. The van der Waals surface area contributed by atoms with Crippen molar-refractivity contribution < 1.29 is 9.59 Å². The Balaban J connectivity index is 3.04. The molecule has 1 saturated heterocycles. The number of hydrogen-bond acceptors (Lipinski definition) is 2. The fourth-order valence-electron chi connectivity index (χ4n) is 2.02. The van der Waals surface area contributed by atoms with Gasteiger partial charge in [0.1, 0.15) is 6.04 Å². The van der Waals surface area contributed by atoms with E-state index in [1.54, 1.807) is 4.90 Å². The van der Waals surface area contributed by atoms with E-state index in [0.717, 1.165) is 0 Å². The average Bonchev–Trinajstić information content (AvgIpc) is 2.05. The van der Waals surface area contributed by atoms with Crippen molar-refractivity contribution in [3.05, 3.63) is 0 Å². The van der Waals surface area contributed by atoms with Crippen LogP contribution >= 0.6 is 0 Å². The van der Waals surface area contributed by atoms with Gasteiger partial charge in [0, 0.05) is 5.54 Å². The van der Waals surface area contributed by atoms with Crippen LogP contribution in [0.3, 0.4) is 0 Å². The van der Waals surface area contributed by atoms with Crippen LogP contribution < -0.4 is 5.32 Å². The average molecular weight is 212 g/mol. The molecular formula is C11H20N2O2. The van der Waals surface area contributed by atoms with Gasteiger partial charge < -0.3 is 10.2 Å². The van der Waals surface area contributed by atoms with Crippen molar-refractivity contribution in [1.29, 1.82) is 0 Å². The number of carbonyl (C=O) groups is 2. The van der Waals surface area contributed by atoms with Crippen LogP contribution in [0.5, 0.6) is 0 Å². The molecule has 1 unspecified atom stereocenters. The molecule has 15 heavy (non-hydrogen) atoms. The topological polar surface area (TPSA) is 49.4 Å². The smallest absolute Gasteiger partial charge is 0.243 e. The Hall–Kier alpha value is -1.06. The second kappa shape index (κ2) is 3.83. The van der Waals surface area contributed by atoms with Crippen molar-refractivity contribution in [2.45, 2.75) is 46.2 Å². The van der Waals surface area contributed by atoms with Crippen molar-refractivity contribution in [3.63, 3.8) is 0 Å². The number of carbonyl (C=O) groups excluding carboxylic acids is 2. The summed E-state index contributed by atoms with van der Waals surface area (Å²) in [6.07, 6.45) is 0. The van der Waals surface area contributed by atoms with Crippen LogP contribution in [0, 0.1) is 5.92 Å². The summed E-state index contributed by atoms with van der Waals surface area (Å²) >= 11 is 0. The zero-order valence-corrected chi connectivity index (χ0v) is 10.1. The Morgan fingerprint density at radius 2 is 1.87 bits per heavy atom. The molecule has 0 radical (unpaired) electrons. The highest BCUT2D eigenvalue weighted by molar-refractivity contribution is 5.95. The molecule has 4 nitrogen and oxygen atoms in total. The summed E-state index contributed by atoms with van der Waals surface area (Å²) in [5, 5.41) is 2.64. The lowest BCUT2D eigenvalue weighted by Gasteiger charge is -2.45. The Labute approximate surface area is 91.0 Å². The van der Waals surface area contributed by atoms with Gasteiger partial charge >= 0.3 is 0 Å². The van der Waals surface area contributed by atoms with Gasteiger partial charge in [0.25, 0.3) is 0 Å². The Kier molecular flexibility index (Phi) is 3.07. The standard InChI is InChI=1S/C11H20N2O2/c1-7(2)9-10(15)12-6-8(14)13(9)11(3,4)5/h7,9H,6H2,1-5H3,(H,12,15). The molecule has 0 aromatic carbocycles. The van der Waals surface area contributed by atoms with Crippen LogP contribution in [0.4, 0.5) is 0 Å². The molecule has 1 aliphatic heterocycles. The van der Waals surface area contributed by atoms with Crippen LogP contribution in [0.2, 0.25) is 0 Å². The maximum absolute atomic E-state index is 11.8. The van der Waals surface area contributed by atoms with Gasteiger partial charge in [0.05, 0.1) is 6.54 Å². The first kappa shape index (κ1) is 12.0. The second-order valence-electron chi connectivity index (χ2n) is 5.34. The third-order valence-electron chi connectivity index (χ3n) is 2.58. The van der Waals surface area contributed by atoms with E-state index < -0.39 is 0 Å². The largest absolute Gasteiger partial charge is 0.345 e. The van der Waals surface area contributed by atoms with E-state index >= 15 is 0 Å². The number of amides is 2. The summed E-state index contributed by atoms with van der Waals surface area (Å²) in [6.45, 7) is 9.92. The lowest BCUT2D eigenvalue weighted by molar-refractivity contribution is -0.153. The summed E-state index contributed by atoms with van der Waals surface area (Å²) in [5.74, 6) is 0.0915. The molecule has 1 atom stereocenters. The van der Waals surface area contributed by atoms with Gasteiger partial charge in [-0.1, -0.05) is 13.8 Å². The molecule has 1 aliphatic rings. The van der Waals surface area contributed by atoms with Gasteiger partial charge in [-0.2, -0.15) is 0 Å². The van der Waals surface area contributed by atoms with E-state index in [1.807, 2.05) is 34.6 Å². The highest BCUT2D eigenvalue weighted by atomic mass is 16.2. The normalized spacial score (nSPS) is 23.3. The van der Waals surface area contributed by atoms with Crippen LogP contribution in [-0.2, 0) is 9.59 Å². The van der Waals surface area contributed by atoms with Crippen LogP contribution in [0.15, 0.2) is 0 Å². The van der Waals surface area contributed by atoms with E-state index in [2.05, 4.69) is 5.32 Å². The number of nitrogens with one attached hydrogen (secondary N) is 1. The van der Waals surface area contributed by atoms with Gasteiger partial charge in [0.2, 0.25) is 11.8 Å². The summed E-state index contributed by atoms with van der Waals surface area (Å²) in [7, 11) is 0. The molecule has 0 aromatic rings. The molecule has 0 bridgehead atoms. The predicted octanol–water partition coefficient (Wildman–Crippen LogP) is 0.768. The highest BCUT2D eigenvalue weighted by Crippen LogP contribution is 2.24. The minimum Gasteiger partial charge on any atom is -0.345 e. The molecule has 86 valence electrons. The van der Waals surface area contributed by atoms with Gasteiger partial charge in [-0.15, -0.1) is 0 Å². The zero-order valence-electron chi connectivity index (χ0n) is 10.1. The van der Waals surface area contributed by atoms with E-state index in [1.165, 1.54) is 0 Å². The maximum atomic E-state index is 11.8. The molecule has 0 aromatic heterocycles. The third-order valence-corrected chi connectivity index (χ3v) is 2.58. The Morgan fingerprint density at radius 1 is 1.33 bits per heavy atom. The Bertz CT molecular complexity index is 279. The van der Waals surface area contributed by atoms with E-state index in [4.69, 9.17) is 0 Å². The van der Waals surface area contributed by atoms with E-state index in [0.29, 0.717) is 0 Å². The summed E-state index contributed by atoms with van der Waals surface area (Å²) in [4.78, 5) is 25.3. The minimum atomic E-state index is -0.341. The summed E-state index contributed by atoms with van der Waals surface area (Å²) in [5.41, 5.74) is -0.302. The minimum absolute atomic E-state index is 0.000741. The van der Waals surface area contributed by atoms with E-state index in [-0.39, 0.29) is 35.9 Å². The number of hydrogen-bond donors (Lipinski definition) is 1. The molecule has 4 heteroatoms. The molecule has 0 saturated carbocycles. The van der Waals surface area contributed by atoms with Gasteiger partial charge in [0.15, 0.2) is 0 Å². The van der Waals surface area contributed by atoms with Crippen LogP contribution in [0.1, 0.15) is 34.6 Å². The monoisotopic (exact) mass is 212 g/mol. The first-order valence-electron chi connectivity index (χ1n) is 5.35. The van der Waals surface area contributed by atoms with Crippen molar-refractivity contribution in [2.75, 3.05) is 6.54 Å². The van der Waals surface area contributed by atoms with Crippen molar-refractivity contribution in [2.24, 2.45) is 5.92 Å². The highest BCUT2D eigenvalue weighted by Gasteiger charge is 2.41. The number of piperazine rings is 1. The third kappa shape index (κ3) is 2.30. The number of nitrogens with zero attached hydrogens (tertiary/aromatic N) is 1. The summed E-state index contributed by atoms with van der Waals surface area (Å²) in [6, 6.07) is -0.341. The second-order valence-corrected chi connectivity index (χ2v) is 5.34. The lowest BCUT2D eigenvalue weighted by atomic mass is 9.93. The maximum Gasteiger partial charge on any atom is 0.243 e. The molecule has 0 spiro atoms. The SMILES string of the molecule is CC(C)C1C(=O)NCC(=O)N1C(C)(C)C. The quantitative estimate of drug-likeness (QED) is 0.698. The molecule has 1 N–H and O–H groups in total. The van der Waals surface area contributed by atoms with Crippen molar-refractivity contribution >= 4 is 11.8 Å². The fourth-order valence-corrected chi connectivity index (χ4v) is 2.02. The van der Waals surface area contributed by atoms with Gasteiger partial charge in [-0.25, -0.2) is 0 Å². The molecule has 2 amide bonds. The molecule has 1 heterocycles. The van der Waals surface area contributed by atoms with E-state index in [9.17, 15) is 9.59 Å². The zero-order chi connectivity index (χ0) is 11.8. The molecule has 0 aliphatic carbocycles. The Morgan fingerprint density at radius 3 is 2.20 bits per heavy atom. The van der Waals surface area contributed by atoms with Gasteiger partial charge in [-0.05, 0) is 26.7 Å². The van der Waals surface area contributed by atoms with Crippen LogP contribution in [0.25, 0.3) is 0 Å². The number of rotatable bonds is 1. The molecule has 1 rings (SSSR count). The molecule has 1 fully saturated rings. The van der Waals surface area contributed by atoms with Crippen molar-refractivity contribution in [3.8, 4) is 0 Å². The lowest BCUT2D eigenvalue weighted by Crippen LogP contribution is -2.65. The molecular weight excluding hydrogens is 192 g/mol. The first-order valence-corrected chi connectivity index (χ1v) is 5.35. The van der Waals surface area contributed by atoms with Gasteiger partial charge in [-0.3, -0.25) is 9.59 Å². The summed E-state index contributed by atoms with van der Waals surface area (Å²) < 4.78 is 0. The van der Waals surface area contributed by atoms with Crippen LogP contribution in [-0.4, -0.2) is 34.8 Å². The fraction of sp³-hybridized carbons (Fsp3) is 0.818. The predicted molar refractivity (Wildman–Crippen MR) is 58.2 cm³/mol.